The van der Waals surface area contributed by atoms with Crippen molar-refractivity contribution in [2.75, 3.05) is 6.61 Å². The number of rotatable bonds is 8. The summed E-state index contributed by atoms with van der Waals surface area (Å²) < 4.78 is 11.0. The summed E-state index contributed by atoms with van der Waals surface area (Å²) in [5.74, 6) is -0.790. The van der Waals surface area contributed by atoms with Gasteiger partial charge in [-0.05, 0) is 30.2 Å². The maximum atomic E-state index is 12.3. The van der Waals surface area contributed by atoms with Crippen LogP contribution < -0.4 is 0 Å². The van der Waals surface area contributed by atoms with Crippen LogP contribution in [0.2, 0.25) is 0 Å². The third-order valence-corrected chi connectivity index (χ3v) is 4.30. The van der Waals surface area contributed by atoms with E-state index in [1.54, 1.807) is 30.3 Å². The van der Waals surface area contributed by atoms with E-state index in [4.69, 9.17) is 9.47 Å². The number of ether oxygens (including phenoxy) is 2. The van der Waals surface area contributed by atoms with Gasteiger partial charge in [-0.25, -0.2) is 9.59 Å². The monoisotopic (exact) mass is 366 g/mol. The number of hydrogen-bond acceptors (Lipinski definition) is 4. The molecule has 1 unspecified atom stereocenters. The van der Waals surface area contributed by atoms with Gasteiger partial charge in [-0.1, -0.05) is 69.3 Å². The van der Waals surface area contributed by atoms with E-state index in [1.807, 2.05) is 57.2 Å². The predicted octanol–water partition coefficient (Wildman–Crippen LogP) is 4.90. The largest absolute Gasteiger partial charge is 0.462 e. The molecule has 0 aromatic heterocycles. The van der Waals surface area contributed by atoms with Crippen molar-refractivity contribution in [3.05, 3.63) is 77.9 Å². The van der Waals surface area contributed by atoms with E-state index in [1.165, 1.54) is 6.08 Å². The van der Waals surface area contributed by atoms with Gasteiger partial charge in [0.2, 0.25) is 0 Å². The third-order valence-electron chi connectivity index (χ3n) is 4.30. The standard InChI is InChI=1S/C23H26O4/c1-4-20(27-22(25)19-13-9-6-10-14-19)23(2,3)17-26-21(24)16-15-18-11-7-5-8-12-18/h5-16,20H,4,17H2,1-3H3/b16-15+. The zero-order chi connectivity index (χ0) is 19.7. The summed E-state index contributed by atoms with van der Waals surface area (Å²) in [4.78, 5) is 24.3. The number of esters is 2. The average Bonchev–Trinajstić information content (AvgIpc) is 2.70. The van der Waals surface area contributed by atoms with Gasteiger partial charge in [-0.2, -0.15) is 0 Å². The Morgan fingerprint density at radius 3 is 2.19 bits per heavy atom. The molecule has 4 nitrogen and oxygen atoms in total. The summed E-state index contributed by atoms with van der Waals surface area (Å²) in [7, 11) is 0. The lowest BCUT2D eigenvalue weighted by atomic mass is 9.86. The fourth-order valence-corrected chi connectivity index (χ4v) is 2.69. The van der Waals surface area contributed by atoms with Crippen LogP contribution in [0.5, 0.6) is 0 Å². The Bertz CT molecular complexity index is 763. The van der Waals surface area contributed by atoms with Crippen molar-refractivity contribution >= 4 is 18.0 Å². The zero-order valence-corrected chi connectivity index (χ0v) is 16.1. The smallest absolute Gasteiger partial charge is 0.338 e. The zero-order valence-electron chi connectivity index (χ0n) is 16.1. The molecule has 2 aromatic rings. The average molecular weight is 366 g/mol. The minimum absolute atomic E-state index is 0.158. The maximum absolute atomic E-state index is 12.3. The fraction of sp³-hybridized carbons (Fsp3) is 0.304. The van der Waals surface area contributed by atoms with Gasteiger partial charge in [0.05, 0.1) is 5.56 Å². The predicted molar refractivity (Wildman–Crippen MR) is 106 cm³/mol. The van der Waals surface area contributed by atoms with Crippen molar-refractivity contribution in [3.63, 3.8) is 0 Å². The third kappa shape index (κ3) is 6.41. The number of hydrogen-bond donors (Lipinski definition) is 0. The van der Waals surface area contributed by atoms with Gasteiger partial charge in [0.15, 0.2) is 0 Å². The lowest BCUT2D eigenvalue weighted by Gasteiger charge is -2.32. The molecule has 2 aromatic carbocycles. The second-order valence-electron chi connectivity index (χ2n) is 7.01. The van der Waals surface area contributed by atoms with E-state index in [0.717, 1.165) is 5.56 Å². The molecule has 0 aliphatic rings. The second kappa shape index (κ2) is 9.72. The highest BCUT2D eigenvalue weighted by Gasteiger charge is 2.33. The normalized spacial score (nSPS) is 12.6. The molecule has 0 saturated heterocycles. The summed E-state index contributed by atoms with van der Waals surface area (Å²) in [5, 5.41) is 0. The van der Waals surface area contributed by atoms with Gasteiger partial charge in [0.1, 0.15) is 12.7 Å². The highest BCUT2D eigenvalue weighted by atomic mass is 16.6. The van der Waals surface area contributed by atoms with Gasteiger partial charge in [0, 0.05) is 11.5 Å². The van der Waals surface area contributed by atoms with Crippen LogP contribution in [0.4, 0.5) is 0 Å². The van der Waals surface area contributed by atoms with Crippen LogP contribution in [-0.4, -0.2) is 24.6 Å². The van der Waals surface area contributed by atoms with Crippen molar-refractivity contribution in [1.29, 1.82) is 0 Å². The minimum atomic E-state index is -0.505. The lowest BCUT2D eigenvalue weighted by Crippen LogP contribution is -2.37. The van der Waals surface area contributed by atoms with E-state index in [-0.39, 0.29) is 18.7 Å². The van der Waals surface area contributed by atoms with E-state index < -0.39 is 11.4 Å². The molecule has 0 bridgehead atoms. The molecule has 0 spiro atoms. The maximum Gasteiger partial charge on any atom is 0.338 e. The minimum Gasteiger partial charge on any atom is -0.462 e. The van der Waals surface area contributed by atoms with Gasteiger partial charge in [-0.15, -0.1) is 0 Å². The first-order valence-corrected chi connectivity index (χ1v) is 9.08. The highest BCUT2D eigenvalue weighted by Crippen LogP contribution is 2.27. The van der Waals surface area contributed by atoms with Crippen LogP contribution in [-0.2, 0) is 14.3 Å². The van der Waals surface area contributed by atoms with Gasteiger partial charge < -0.3 is 9.47 Å². The summed E-state index contributed by atoms with van der Waals surface area (Å²) in [6.45, 7) is 5.95. The second-order valence-corrected chi connectivity index (χ2v) is 7.01. The first-order valence-electron chi connectivity index (χ1n) is 9.08. The first-order chi connectivity index (χ1) is 12.9. The van der Waals surface area contributed by atoms with Crippen molar-refractivity contribution in [2.45, 2.75) is 33.3 Å². The van der Waals surface area contributed by atoms with Gasteiger partial charge >= 0.3 is 11.9 Å². The molecular formula is C23H26O4. The Labute approximate surface area is 160 Å². The Morgan fingerprint density at radius 2 is 1.59 bits per heavy atom. The van der Waals surface area contributed by atoms with Crippen molar-refractivity contribution in [2.24, 2.45) is 5.41 Å². The SMILES string of the molecule is CCC(OC(=O)c1ccccc1)C(C)(C)COC(=O)/C=C/c1ccccc1. The molecule has 27 heavy (non-hydrogen) atoms. The van der Waals surface area contributed by atoms with Crippen LogP contribution in [0.15, 0.2) is 66.7 Å². The van der Waals surface area contributed by atoms with Crippen molar-refractivity contribution < 1.29 is 19.1 Å². The van der Waals surface area contributed by atoms with Crippen molar-refractivity contribution in [3.8, 4) is 0 Å². The fourth-order valence-electron chi connectivity index (χ4n) is 2.69. The summed E-state index contributed by atoms with van der Waals surface area (Å²) in [6.07, 6.45) is 3.38. The Kier molecular flexibility index (Phi) is 7.35. The first kappa shape index (κ1) is 20.4. The number of carbonyl (C=O) groups excluding carboxylic acids is 2. The molecule has 1 atom stereocenters. The quantitative estimate of drug-likeness (QED) is 0.492. The Balaban J connectivity index is 1.91. The molecule has 142 valence electrons. The van der Waals surface area contributed by atoms with Crippen LogP contribution in [0.3, 0.4) is 0 Å². The van der Waals surface area contributed by atoms with Crippen molar-refractivity contribution in [1.82, 2.24) is 0 Å². The molecule has 0 N–H and O–H groups in total. The van der Waals surface area contributed by atoms with E-state index in [2.05, 4.69) is 0 Å². The molecule has 0 saturated carbocycles. The summed E-state index contributed by atoms with van der Waals surface area (Å²) in [6, 6.07) is 18.4. The molecule has 0 aliphatic carbocycles. The molecule has 0 aliphatic heterocycles. The molecule has 2 rings (SSSR count). The van der Waals surface area contributed by atoms with E-state index in [0.29, 0.717) is 12.0 Å². The molecule has 0 heterocycles. The number of carbonyl (C=O) groups is 2. The lowest BCUT2D eigenvalue weighted by molar-refractivity contribution is -0.143. The van der Waals surface area contributed by atoms with E-state index in [9.17, 15) is 9.59 Å². The van der Waals surface area contributed by atoms with Crippen LogP contribution in [0.1, 0.15) is 43.1 Å². The topological polar surface area (TPSA) is 52.6 Å². The summed E-state index contributed by atoms with van der Waals surface area (Å²) in [5.41, 5.74) is 0.932. The molecule has 0 fully saturated rings. The Hall–Kier alpha value is -2.88. The van der Waals surface area contributed by atoms with Crippen LogP contribution in [0, 0.1) is 5.41 Å². The Morgan fingerprint density at radius 1 is 1.00 bits per heavy atom. The van der Waals surface area contributed by atoms with Gasteiger partial charge in [0.25, 0.3) is 0 Å². The highest BCUT2D eigenvalue weighted by molar-refractivity contribution is 5.89. The van der Waals surface area contributed by atoms with Gasteiger partial charge in [-0.3, -0.25) is 0 Å². The molecular weight excluding hydrogens is 340 g/mol. The molecule has 0 amide bonds. The van der Waals surface area contributed by atoms with E-state index >= 15 is 0 Å². The van der Waals surface area contributed by atoms with Crippen LogP contribution >= 0.6 is 0 Å². The molecule has 4 heteroatoms. The number of benzene rings is 2. The van der Waals surface area contributed by atoms with Crippen LogP contribution in [0.25, 0.3) is 6.08 Å². The molecule has 0 radical (unpaired) electrons. The summed E-state index contributed by atoms with van der Waals surface area (Å²) >= 11 is 0.